The van der Waals surface area contributed by atoms with Crippen LogP contribution in [0.25, 0.3) is 0 Å². The van der Waals surface area contributed by atoms with Gasteiger partial charge >= 0.3 is 0 Å². The molecular formula is C13H16N6O. The Morgan fingerprint density at radius 1 is 1.30 bits per heavy atom. The van der Waals surface area contributed by atoms with E-state index in [1.165, 1.54) is 4.68 Å². The van der Waals surface area contributed by atoms with Gasteiger partial charge in [-0.05, 0) is 6.92 Å². The molecule has 0 fully saturated rings. The molecule has 0 amide bonds. The molecule has 20 heavy (non-hydrogen) atoms. The minimum absolute atomic E-state index is 0.0935. The molecule has 2 aromatic rings. The summed E-state index contributed by atoms with van der Waals surface area (Å²) in [5.74, 6) is 1.06. The molecule has 0 radical (unpaired) electrons. The van der Waals surface area contributed by atoms with Crippen LogP contribution in [0.15, 0.2) is 16.9 Å². The molecule has 7 nitrogen and oxygen atoms in total. The molecule has 7 heteroatoms. The zero-order valence-electron chi connectivity index (χ0n) is 11.5. The second-order valence-corrected chi connectivity index (χ2v) is 4.98. The summed E-state index contributed by atoms with van der Waals surface area (Å²) in [7, 11) is 1.67. The molecule has 0 saturated carbocycles. The lowest BCUT2D eigenvalue weighted by molar-refractivity contribution is 0.622. The van der Waals surface area contributed by atoms with Crippen molar-refractivity contribution in [3.63, 3.8) is 0 Å². The maximum Gasteiger partial charge on any atom is 0.266 e. The molecule has 0 bridgehead atoms. The first kappa shape index (κ1) is 12.6. The molecule has 0 unspecified atom stereocenters. The van der Waals surface area contributed by atoms with Crippen LogP contribution in [-0.4, -0.2) is 26.3 Å². The molecule has 104 valence electrons. The second-order valence-electron chi connectivity index (χ2n) is 4.98. The average molecular weight is 272 g/mol. The summed E-state index contributed by atoms with van der Waals surface area (Å²) >= 11 is 0. The van der Waals surface area contributed by atoms with Crippen molar-refractivity contribution in [2.24, 2.45) is 7.05 Å². The summed E-state index contributed by atoms with van der Waals surface area (Å²) in [6.07, 6.45) is 0.784. The summed E-state index contributed by atoms with van der Waals surface area (Å²) in [6, 6.07) is 3.54. The van der Waals surface area contributed by atoms with E-state index in [-0.39, 0.29) is 11.5 Å². The fourth-order valence-electron chi connectivity index (χ4n) is 2.43. The Labute approximate surface area is 116 Å². The minimum atomic E-state index is -0.0935. The van der Waals surface area contributed by atoms with Crippen molar-refractivity contribution in [2.45, 2.75) is 19.9 Å². The highest BCUT2D eigenvalue weighted by molar-refractivity contribution is 5.45. The summed E-state index contributed by atoms with van der Waals surface area (Å²) in [5, 5.41) is 4.30. The monoisotopic (exact) mass is 272 g/mol. The molecule has 0 aliphatic carbocycles. The van der Waals surface area contributed by atoms with Crippen LogP contribution in [0.4, 0.5) is 11.8 Å². The van der Waals surface area contributed by atoms with Gasteiger partial charge in [0.2, 0.25) is 5.95 Å². The van der Waals surface area contributed by atoms with Crippen LogP contribution >= 0.6 is 0 Å². The zero-order valence-corrected chi connectivity index (χ0v) is 11.5. The lowest BCUT2D eigenvalue weighted by Crippen LogP contribution is -2.35. The molecule has 2 aromatic heterocycles. The molecule has 3 rings (SSSR count). The second kappa shape index (κ2) is 4.59. The zero-order chi connectivity index (χ0) is 14.3. The van der Waals surface area contributed by atoms with Gasteiger partial charge in [0, 0.05) is 49.9 Å². The van der Waals surface area contributed by atoms with E-state index < -0.39 is 0 Å². The Morgan fingerprint density at radius 2 is 2.10 bits per heavy atom. The minimum Gasteiger partial charge on any atom is -0.368 e. The lowest BCUT2D eigenvalue weighted by atomic mass is 10.1. The molecule has 3 heterocycles. The summed E-state index contributed by atoms with van der Waals surface area (Å²) in [4.78, 5) is 22.1. The van der Waals surface area contributed by atoms with Gasteiger partial charge in [0.15, 0.2) is 0 Å². The maximum absolute atomic E-state index is 11.7. The highest BCUT2D eigenvalue weighted by Gasteiger charge is 2.20. The number of nitrogens with zero attached hydrogens (tertiary/aromatic N) is 5. The van der Waals surface area contributed by atoms with Crippen LogP contribution in [0.3, 0.4) is 0 Å². The molecule has 0 saturated heterocycles. The molecule has 1 aliphatic heterocycles. The van der Waals surface area contributed by atoms with Crippen LogP contribution in [0.2, 0.25) is 0 Å². The molecule has 1 aliphatic rings. The number of aromatic nitrogens is 4. The number of fused-ring (bicyclic) bond motifs is 1. The molecule has 0 atom stereocenters. The lowest BCUT2D eigenvalue weighted by Gasteiger charge is -2.29. The van der Waals surface area contributed by atoms with Crippen LogP contribution in [0.5, 0.6) is 0 Å². The summed E-state index contributed by atoms with van der Waals surface area (Å²) < 4.78 is 1.38. The van der Waals surface area contributed by atoms with Crippen molar-refractivity contribution < 1.29 is 0 Å². The van der Waals surface area contributed by atoms with Crippen LogP contribution in [0.1, 0.15) is 17.0 Å². The van der Waals surface area contributed by atoms with Gasteiger partial charge in [-0.1, -0.05) is 0 Å². The fraction of sp³-hybridized carbons (Fsp3) is 0.385. The quantitative estimate of drug-likeness (QED) is 0.787. The fourth-order valence-corrected chi connectivity index (χ4v) is 2.43. The molecule has 0 aromatic carbocycles. The maximum atomic E-state index is 11.7. The van der Waals surface area contributed by atoms with E-state index in [4.69, 9.17) is 5.73 Å². The highest BCUT2D eigenvalue weighted by Crippen LogP contribution is 2.21. The van der Waals surface area contributed by atoms with E-state index in [0.717, 1.165) is 35.7 Å². The third-order valence-corrected chi connectivity index (χ3v) is 3.42. The van der Waals surface area contributed by atoms with Crippen molar-refractivity contribution in [2.75, 3.05) is 17.2 Å². The van der Waals surface area contributed by atoms with Crippen molar-refractivity contribution in [3.05, 3.63) is 39.4 Å². The summed E-state index contributed by atoms with van der Waals surface area (Å²) in [6.45, 7) is 3.30. The summed E-state index contributed by atoms with van der Waals surface area (Å²) in [5.41, 5.74) is 8.36. The van der Waals surface area contributed by atoms with Crippen molar-refractivity contribution >= 4 is 11.8 Å². The Balaban J connectivity index is 1.95. The van der Waals surface area contributed by atoms with Crippen LogP contribution in [-0.2, 0) is 20.0 Å². The number of nitrogen functional groups attached to an aromatic ring is 1. The SMILES string of the molecule is Cc1cc(N2CCc3nn(C)c(=O)cc3C2)nc(N)n1. The Bertz CT molecular complexity index is 703. The predicted molar refractivity (Wildman–Crippen MR) is 75.4 cm³/mol. The number of hydrogen-bond donors (Lipinski definition) is 1. The van der Waals surface area contributed by atoms with Crippen molar-refractivity contribution in [1.82, 2.24) is 19.7 Å². The number of nitrogens with two attached hydrogens (primary N) is 1. The van der Waals surface area contributed by atoms with Gasteiger partial charge in [0.25, 0.3) is 5.56 Å². The first-order valence-corrected chi connectivity index (χ1v) is 6.45. The molecular weight excluding hydrogens is 256 g/mol. The largest absolute Gasteiger partial charge is 0.368 e. The van der Waals surface area contributed by atoms with Gasteiger partial charge in [-0.15, -0.1) is 0 Å². The first-order chi connectivity index (χ1) is 9.52. The van der Waals surface area contributed by atoms with E-state index in [1.54, 1.807) is 13.1 Å². The van der Waals surface area contributed by atoms with E-state index in [1.807, 2.05) is 13.0 Å². The third-order valence-electron chi connectivity index (χ3n) is 3.42. The van der Waals surface area contributed by atoms with E-state index in [9.17, 15) is 4.79 Å². The third kappa shape index (κ3) is 2.22. The van der Waals surface area contributed by atoms with Crippen molar-refractivity contribution in [1.29, 1.82) is 0 Å². The smallest absolute Gasteiger partial charge is 0.266 e. The van der Waals surface area contributed by atoms with Gasteiger partial charge in [-0.25, -0.2) is 9.67 Å². The van der Waals surface area contributed by atoms with Crippen LogP contribution in [0, 0.1) is 6.92 Å². The van der Waals surface area contributed by atoms with E-state index in [0.29, 0.717) is 6.54 Å². The number of rotatable bonds is 1. The van der Waals surface area contributed by atoms with Gasteiger partial charge in [0.05, 0.1) is 5.69 Å². The number of hydrogen-bond acceptors (Lipinski definition) is 6. The average Bonchev–Trinajstić information content (AvgIpc) is 2.38. The standard InChI is InChI=1S/C13H16N6O/c1-8-5-11(16-13(14)15-8)19-4-3-10-9(7-19)6-12(20)18(2)17-10/h5-6H,3-4,7H2,1-2H3,(H2,14,15,16). The Morgan fingerprint density at radius 3 is 2.85 bits per heavy atom. The van der Waals surface area contributed by atoms with Gasteiger partial charge in [-0.3, -0.25) is 4.79 Å². The van der Waals surface area contributed by atoms with Gasteiger partial charge < -0.3 is 10.6 Å². The Kier molecular flexibility index (Phi) is 2.89. The normalized spacial score (nSPS) is 14.2. The number of aryl methyl sites for hydroxylation is 2. The first-order valence-electron chi connectivity index (χ1n) is 6.45. The Hall–Kier alpha value is -2.44. The molecule has 0 spiro atoms. The van der Waals surface area contributed by atoms with E-state index in [2.05, 4.69) is 20.0 Å². The van der Waals surface area contributed by atoms with E-state index >= 15 is 0 Å². The van der Waals surface area contributed by atoms with Gasteiger partial charge in [-0.2, -0.15) is 10.1 Å². The van der Waals surface area contributed by atoms with Gasteiger partial charge in [0.1, 0.15) is 5.82 Å². The predicted octanol–water partition coefficient (Wildman–Crippen LogP) is 0.0236. The van der Waals surface area contributed by atoms with Crippen LogP contribution < -0.4 is 16.2 Å². The topological polar surface area (TPSA) is 89.9 Å². The molecule has 2 N–H and O–H groups in total. The van der Waals surface area contributed by atoms with Crippen molar-refractivity contribution in [3.8, 4) is 0 Å². The highest BCUT2D eigenvalue weighted by atomic mass is 16.1. The number of anilines is 2.